The molecule has 0 atom stereocenters. The van der Waals surface area contributed by atoms with Crippen molar-refractivity contribution in [2.24, 2.45) is 17.8 Å². The Balaban J connectivity index is 1.41. The van der Waals surface area contributed by atoms with Crippen LogP contribution in [-0.2, 0) is 5.41 Å². The molecule has 0 spiro atoms. The van der Waals surface area contributed by atoms with Gasteiger partial charge in [-0.25, -0.2) is 4.79 Å². The molecule has 0 aliphatic heterocycles. The van der Waals surface area contributed by atoms with Gasteiger partial charge in [-0.15, -0.1) is 0 Å². The molecule has 7 rings (SSSR count). The predicted octanol–water partition coefficient (Wildman–Crippen LogP) is 6.63. The number of fused-ring (bicyclic) bond motifs is 1. The van der Waals surface area contributed by atoms with Gasteiger partial charge in [-0.1, -0.05) is 0 Å². The minimum absolute atomic E-state index is 0.227. The Morgan fingerprint density at radius 3 is 2.35 bits per heavy atom. The summed E-state index contributed by atoms with van der Waals surface area (Å²) < 4.78 is 16.7. The molecule has 0 saturated heterocycles. The number of carboxylic acid groups (broad SMARTS) is 1. The lowest BCUT2D eigenvalue weighted by atomic mass is 9.48. The first-order valence-electron chi connectivity index (χ1n) is 11.1. The topological polar surface area (TPSA) is 68.9 Å². The quantitative estimate of drug-likeness (QED) is 0.380. The normalized spacial score (nSPS) is 28.7. The minimum atomic E-state index is -1.32. The third-order valence-electron chi connectivity index (χ3n) is 7.79. The smallest absolute Gasteiger partial charge is 0.496 e. The van der Waals surface area contributed by atoms with E-state index in [9.17, 15) is 4.79 Å². The summed E-state index contributed by atoms with van der Waals surface area (Å²) in [5, 5.41) is 9.68. The van der Waals surface area contributed by atoms with Crippen molar-refractivity contribution < 1.29 is 23.8 Å². The molecule has 5 heteroatoms. The average molecular weight is 418 g/mol. The van der Waals surface area contributed by atoms with Gasteiger partial charge in [-0.3, -0.25) is 0 Å². The zero-order chi connectivity index (χ0) is 21.2. The van der Waals surface area contributed by atoms with Crippen LogP contribution in [0, 0.1) is 17.8 Å². The second kappa shape index (κ2) is 6.78. The van der Waals surface area contributed by atoms with E-state index in [1.54, 1.807) is 25.3 Å². The third-order valence-corrected chi connectivity index (χ3v) is 7.79. The van der Waals surface area contributed by atoms with Crippen molar-refractivity contribution in [1.82, 2.24) is 0 Å². The standard InChI is InChI=1S/C26H26O5/c1-29-23-4-2-18(24-11-19-9-20(30-25(27)28)3-5-22(19)31-24)10-21(23)26-12-15-6-16(13-26)8-17(7-15)14-26/h2-5,9-11,15-17H,6-8,12-14H2,1H3,(H,27,28). The summed E-state index contributed by atoms with van der Waals surface area (Å²) in [7, 11) is 1.77. The maximum Gasteiger partial charge on any atom is 0.511 e. The van der Waals surface area contributed by atoms with Gasteiger partial charge in [0.15, 0.2) is 0 Å². The number of methoxy groups -OCH3 is 1. The van der Waals surface area contributed by atoms with Crippen LogP contribution >= 0.6 is 0 Å². The highest BCUT2D eigenvalue weighted by atomic mass is 16.7. The summed E-state index contributed by atoms with van der Waals surface area (Å²) in [4.78, 5) is 10.8. The number of ether oxygens (including phenoxy) is 2. The van der Waals surface area contributed by atoms with Crippen LogP contribution in [0.25, 0.3) is 22.3 Å². The number of hydrogen-bond acceptors (Lipinski definition) is 4. The molecule has 4 saturated carbocycles. The molecular weight excluding hydrogens is 392 g/mol. The van der Waals surface area contributed by atoms with E-state index in [0.717, 1.165) is 40.2 Å². The van der Waals surface area contributed by atoms with Crippen LogP contribution in [0.5, 0.6) is 11.5 Å². The van der Waals surface area contributed by atoms with Crippen molar-refractivity contribution in [3.05, 3.63) is 48.0 Å². The van der Waals surface area contributed by atoms with E-state index in [0.29, 0.717) is 5.58 Å². The fraction of sp³-hybridized carbons (Fsp3) is 0.423. The number of hydrogen-bond donors (Lipinski definition) is 1. The Labute approximate surface area is 181 Å². The van der Waals surface area contributed by atoms with Gasteiger partial charge in [0.05, 0.1) is 7.11 Å². The van der Waals surface area contributed by atoms with Gasteiger partial charge in [0.2, 0.25) is 0 Å². The zero-order valence-corrected chi connectivity index (χ0v) is 17.6. The van der Waals surface area contributed by atoms with Crippen molar-refractivity contribution in [3.63, 3.8) is 0 Å². The summed E-state index contributed by atoms with van der Waals surface area (Å²) >= 11 is 0. The lowest BCUT2D eigenvalue weighted by Crippen LogP contribution is -2.48. The molecule has 4 aliphatic rings. The third kappa shape index (κ3) is 3.10. The molecule has 1 N–H and O–H groups in total. The Bertz CT molecular complexity index is 1140. The van der Waals surface area contributed by atoms with Crippen molar-refractivity contribution >= 4 is 17.1 Å². The molecule has 0 amide bonds. The number of benzene rings is 2. The molecule has 3 aromatic rings. The molecular formula is C26H26O5. The van der Waals surface area contributed by atoms with Crippen molar-refractivity contribution in [3.8, 4) is 22.8 Å². The van der Waals surface area contributed by atoms with Gasteiger partial charge >= 0.3 is 6.16 Å². The average Bonchev–Trinajstić information content (AvgIpc) is 3.15. The molecule has 0 unspecified atom stereocenters. The molecule has 5 nitrogen and oxygen atoms in total. The van der Waals surface area contributed by atoms with E-state index >= 15 is 0 Å². The summed E-state index contributed by atoms with van der Waals surface area (Å²) in [6.45, 7) is 0. The van der Waals surface area contributed by atoms with E-state index in [1.807, 2.05) is 6.07 Å². The van der Waals surface area contributed by atoms with E-state index < -0.39 is 6.16 Å². The molecule has 1 aromatic heterocycles. The van der Waals surface area contributed by atoms with Crippen LogP contribution in [0.15, 0.2) is 46.9 Å². The van der Waals surface area contributed by atoms with Crippen LogP contribution in [0.4, 0.5) is 4.79 Å². The van der Waals surface area contributed by atoms with Crippen molar-refractivity contribution in [1.29, 1.82) is 0 Å². The van der Waals surface area contributed by atoms with Crippen molar-refractivity contribution in [2.75, 3.05) is 7.11 Å². The Morgan fingerprint density at radius 1 is 1.00 bits per heavy atom. The van der Waals surface area contributed by atoms with Crippen LogP contribution in [0.2, 0.25) is 0 Å². The largest absolute Gasteiger partial charge is 0.511 e. The van der Waals surface area contributed by atoms with Crippen molar-refractivity contribution in [2.45, 2.75) is 43.9 Å². The second-order valence-electron chi connectivity index (χ2n) is 9.79. The molecule has 4 fully saturated rings. The Morgan fingerprint density at radius 2 is 1.71 bits per heavy atom. The first kappa shape index (κ1) is 18.8. The molecule has 31 heavy (non-hydrogen) atoms. The molecule has 160 valence electrons. The number of furan rings is 1. The van der Waals surface area contributed by atoms with Crippen LogP contribution in [-0.4, -0.2) is 18.4 Å². The van der Waals surface area contributed by atoms with Crippen LogP contribution in [0.3, 0.4) is 0 Å². The van der Waals surface area contributed by atoms with Gasteiger partial charge < -0.3 is 19.0 Å². The first-order chi connectivity index (χ1) is 15.0. The Kier molecular flexibility index (Phi) is 4.11. The first-order valence-corrected chi connectivity index (χ1v) is 11.1. The molecule has 2 aromatic carbocycles. The maximum atomic E-state index is 10.8. The van der Waals surface area contributed by atoms with Gasteiger partial charge in [0.1, 0.15) is 22.8 Å². The highest BCUT2D eigenvalue weighted by molar-refractivity contribution is 5.84. The summed E-state index contributed by atoms with van der Waals surface area (Å²) in [6.07, 6.45) is 6.72. The minimum Gasteiger partial charge on any atom is -0.496 e. The highest BCUT2D eigenvalue weighted by Gasteiger charge is 2.52. The monoisotopic (exact) mass is 418 g/mol. The molecule has 0 radical (unpaired) electrons. The second-order valence-corrected chi connectivity index (χ2v) is 9.79. The summed E-state index contributed by atoms with van der Waals surface area (Å²) in [5.74, 6) is 4.63. The lowest BCUT2D eigenvalue weighted by molar-refractivity contribution is -0.00613. The Hall–Kier alpha value is -2.95. The fourth-order valence-corrected chi connectivity index (χ4v) is 7.04. The van der Waals surface area contributed by atoms with Crippen LogP contribution < -0.4 is 9.47 Å². The van der Waals surface area contributed by atoms with Gasteiger partial charge in [0.25, 0.3) is 0 Å². The summed E-state index contributed by atoms with van der Waals surface area (Å²) in [6, 6.07) is 13.4. The lowest BCUT2D eigenvalue weighted by Gasteiger charge is -2.57. The molecule has 4 aliphatic carbocycles. The van der Waals surface area contributed by atoms with E-state index in [-0.39, 0.29) is 11.2 Å². The number of carbonyl (C=O) groups is 1. The molecule has 1 heterocycles. The maximum absolute atomic E-state index is 10.8. The summed E-state index contributed by atoms with van der Waals surface area (Å²) in [5.41, 5.74) is 3.30. The molecule has 4 bridgehead atoms. The number of rotatable bonds is 4. The fourth-order valence-electron chi connectivity index (χ4n) is 7.04. The van der Waals surface area contributed by atoms with E-state index in [2.05, 4.69) is 18.2 Å². The van der Waals surface area contributed by atoms with Gasteiger partial charge in [0, 0.05) is 16.5 Å². The van der Waals surface area contributed by atoms with Gasteiger partial charge in [-0.2, -0.15) is 0 Å². The van der Waals surface area contributed by atoms with Crippen LogP contribution in [0.1, 0.15) is 44.1 Å². The SMILES string of the molecule is COc1ccc(-c2cc3cc(OC(=O)O)ccc3o2)cc1C12CC3CC(CC(C3)C1)C2. The van der Waals surface area contributed by atoms with E-state index in [1.165, 1.54) is 44.1 Å². The van der Waals surface area contributed by atoms with E-state index in [4.69, 9.17) is 19.0 Å². The van der Waals surface area contributed by atoms with Gasteiger partial charge in [-0.05, 0) is 104 Å². The highest BCUT2D eigenvalue weighted by Crippen LogP contribution is 2.62. The predicted molar refractivity (Wildman–Crippen MR) is 117 cm³/mol. The zero-order valence-electron chi connectivity index (χ0n) is 17.6.